The van der Waals surface area contributed by atoms with Crippen LogP contribution in [0.25, 0.3) is 5.69 Å². The van der Waals surface area contributed by atoms with Crippen molar-refractivity contribution in [1.82, 2.24) is 15.1 Å². The van der Waals surface area contributed by atoms with Gasteiger partial charge in [-0.25, -0.2) is 4.68 Å². The lowest BCUT2D eigenvalue weighted by Gasteiger charge is -2.06. The number of ether oxygens (including phenoxy) is 1. The van der Waals surface area contributed by atoms with Gasteiger partial charge in [-0.1, -0.05) is 19.9 Å². The number of rotatable bonds is 8. The van der Waals surface area contributed by atoms with Gasteiger partial charge in [0.1, 0.15) is 5.75 Å². The van der Waals surface area contributed by atoms with Gasteiger partial charge in [0.05, 0.1) is 19.0 Å². The number of benzene rings is 1. The Labute approximate surface area is 127 Å². The number of nitrogens with one attached hydrogen (secondary N) is 1. The van der Waals surface area contributed by atoms with Crippen molar-refractivity contribution in [2.45, 2.75) is 26.7 Å². The van der Waals surface area contributed by atoms with E-state index in [4.69, 9.17) is 4.74 Å². The molecule has 0 atom stereocenters. The first kappa shape index (κ1) is 15.6. The Morgan fingerprint density at radius 1 is 1.33 bits per heavy atom. The molecular weight excluding hydrogens is 262 g/mol. The van der Waals surface area contributed by atoms with Crippen LogP contribution in [0.1, 0.15) is 25.8 Å². The zero-order valence-corrected chi connectivity index (χ0v) is 13.2. The maximum absolute atomic E-state index is 5.24. The molecule has 0 bridgehead atoms. The lowest BCUT2D eigenvalue weighted by molar-refractivity contribution is 0.414. The highest BCUT2D eigenvalue weighted by Crippen LogP contribution is 2.16. The van der Waals surface area contributed by atoms with E-state index in [2.05, 4.69) is 30.5 Å². The predicted molar refractivity (Wildman–Crippen MR) is 86.1 cm³/mol. The fraction of sp³-hybridized carbons (Fsp3) is 0.471. The van der Waals surface area contributed by atoms with E-state index in [-0.39, 0.29) is 0 Å². The Bertz CT molecular complexity index is 548. The summed E-state index contributed by atoms with van der Waals surface area (Å²) in [6, 6.07) is 7.93. The zero-order chi connectivity index (χ0) is 15.1. The van der Waals surface area contributed by atoms with Gasteiger partial charge in [-0.2, -0.15) is 5.10 Å². The second-order valence-corrected chi connectivity index (χ2v) is 5.70. The van der Waals surface area contributed by atoms with Gasteiger partial charge >= 0.3 is 0 Å². The highest BCUT2D eigenvalue weighted by Gasteiger charge is 2.02. The third kappa shape index (κ3) is 4.90. The molecule has 1 aromatic heterocycles. The molecule has 0 unspecified atom stereocenters. The van der Waals surface area contributed by atoms with Crippen LogP contribution in [0.4, 0.5) is 0 Å². The molecule has 0 aliphatic rings. The molecule has 1 aromatic carbocycles. The van der Waals surface area contributed by atoms with Gasteiger partial charge in [-0.3, -0.25) is 0 Å². The molecule has 0 saturated heterocycles. The summed E-state index contributed by atoms with van der Waals surface area (Å²) in [6.45, 7) is 6.60. The molecule has 4 heteroatoms. The lowest BCUT2D eigenvalue weighted by atomic mass is 10.2. The molecule has 0 aliphatic heterocycles. The molecule has 114 valence electrons. The molecule has 2 aromatic rings. The second-order valence-electron chi connectivity index (χ2n) is 5.70. The summed E-state index contributed by atoms with van der Waals surface area (Å²) in [5.41, 5.74) is 2.29. The fourth-order valence-corrected chi connectivity index (χ4v) is 2.19. The van der Waals surface area contributed by atoms with Crippen LogP contribution >= 0.6 is 0 Å². The Morgan fingerprint density at radius 2 is 2.19 bits per heavy atom. The smallest absolute Gasteiger partial charge is 0.121 e. The highest BCUT2D eigenvalue weighted by atomic mass is 16.5. The molecule has 4 nitrogen and oxygen atoms in total. The largest absolute Gasteiger partial charge is 0.497 e. The average Bonchev–Trinajstić information content (AvgIpc) is 2.95. The van der Waals surface area contributed by atoms with Crippen molar-refractivity contribution in [1.29, 1.82) is 0 Å². The van der Waals surface area contributed by atoms with Gasteiger partial charge in [0.15, 0.2) is 0 Å². The highest BCUT2D eigenvalue weighted by molar-refractivity contribution is 5.38. The van der Waals surface area contributed by atoms with Crippen LogP contribution < -0.4 is 10.1 Å². The molecule has 1 heterocycles. The normalized spacial score (nSPS) is 11.0. The number of hydrogen-bond donors (Lipinski definition) is 1. The summed E-state index contributed by atoms with van der Waals surface area (Å²) in [6.07, 6.45) is 6.23. The minimum Gasteiger partial charge on any atom is -0.497 e. The summed E-state index contributed by atoms with van der Waals surface area (Å²) >= 11 is 0. The molecule has 0 saturated carbocycles. The van der Waals surface area contributed by atoms with Crippen molar-refractivity contribution in [2.24, 2.45) is 5.92 Å². The predicted octanol–water partition coefficient (Wildman–Crippen LogP) is 3.06. The van der Waals surface area contributed by atoms with E-state index in [1.165, 1.54) is 5.56 Å². The molecule has 0 fully saturated rings. The van der Waals surface area contributed by atoms with Gasteiger partial charge in [0.2, 0.25) is 0 Å². The Kier molecular flexibility index (Phi) is 5.81. The van der Waals surface area contributed by atoms with Gasteiger partial charge in [0, 0.05) is 12.3 Å². The number of nitrogens with zero attached hydrogens (tertiary/aromatic N) is 2. The molecule has 0 radical (unpaired) electrons. The van der Waals surface area contributed by atoms with E-state index < -0.39 is 0 Å². The number of aromatic nitrogens is 2. The van der Waals surface area contributed by atoms with Crippen molar-refractivity contribution in [3.8, 4) is 11.4 Å². The van der Waals surface area contributed by atoms with Crippen LogP contribution in [0, 0.1) is 5.92 Å². The molecule has 0 aliphatic carbocycles. The molecule has 0 amide bonds. The lowest BCUT2D eigenvalue weighted by Crippen LogP contribution is -2.20. The maximum atomic E-state index is 5.24. The summed E-state index contributed by atoms with van der Waals surface area (Å²) in [4.78, 5) is 0. The van der Waals surface area contributed by atoms with Crippen molar-refractivity contribution in [3.63, 3.8) is 0 Å². The van der Waals surface area contributed by atoms with Crippen LogP contribution in [-0.2, 0) is 6.42 Å². The minimum atomic E-state index is 0.709. The van der Waals surface area contributed by atoms with Crippen LogP contribution in [0.5, 0.6) is 5.75 Å². The number of aryl methyl sites for hydroxylation is 1. The molecule has 0 spiro atoms. The number of methoxy groups -OCH3 is 1. The maximum Gasteiger partial charge on any atom is 0.121 e. The van der Waals surface area contributed by atoms with Crippen molar-refractivity contribution in [3.05, 3.63) is 42.2 Å². The molecule has 21 heavy (non-hydrogen) atoms. The van der Waals surface area contributed by atoms with Crippen LogP contribution in [0.2, 0.25) is 0 Å². The van der Waals surface area contributed by atoms with Crippen molar-refractivity contribution < 1.29 is 4.74 Å². The van der Waals surface area contributed by atoms with E-state index in [1.807, 2.05) is 35.1 Å². The number of hydrogen-bond acceptors (Lipinski definition) is 3. The quantitative estimate of drug-likeness (QED) is 0.758. The third-order valence-electron chi connectivity index (χ3n) is 3.33. The first-order chi connectivity index (χ1) is 10.2. The first-order valence-corrected chi connectivity index (χ1v) is 7.57. The van der Waals surface area contributed by atoms with E-state index in [1.54, 1.807) is 7.11 Å². The molecule has 2 rings (SSSR count). The Hall–Kier alpha value is -1.81. The van der Waals surface area contributed by atoms with Gasteiger partial charge in [-0.15, -0.1) is 0 Å². The summed E-state index contributed by atoms with van der Waals surface area (Å²) < 4.78 is 7.15. The zero-order valence-electron chi connectivity index (χ0n) is 13.2. The summed E-state index contributed by atoms with van der Waals surface area (Å²) in [5, 5.41) is 7.89. The van der Waals surface area contributed by atoms with Crippen molar-refractivity contribution >= 4 is 0 Å². The topological polar surface area (TPSA) is 39.1 Å². The second kappa shape index (κ2) is 7.84. The Morgan fingerprint density at radius 3 is 2.95 bits per heavy atom. The summed E-state index contributed by atoms with van der Waals surface area (Å²) in [7, 11) is 1.68. The van der Waals surface area contributed by atoms with Crippen molar-refractivity contribution in [2.75, 3.05) is 20.2 Å². The van der Waals surface area contributed by atoms with Gasteiger partial charge < -0.3 is 10.1 Å². The van der Waals surface area contributed by atoms with E-state index in [0.717, 1.165) is 37.4 Å². The van der Waals surface area contributed by atoms with Crippen LogP contribution in [-0.4, -0.2) is 30.0 Å². The molecule has 1 N–H and O–H groups in total. The monoisotopic (exact) mass is 287 g/mol. The fourth-order valence-electron chi connectivity index (χ4n) is 2.19. The summed E-state index contributed by atoms with van der Waals surface area (Å²) in [5.74, 6) is 1.56. The van der Waals surface area contributed by atoms with Gasteiger partial charge in [-0.05, 0) is 49.5 Å². The SMILES string of the molecule is COc1cccc(-n2cc(CCCNCC(C)C)cn2)c1. The average molecular weight is 287 g/mol. The van der Waals surface area contributed by atoms with E-state index >= 15 is 0 Å². The molecular formula is C17H25N3O. The van der Waals surface area contributed by atoms with Crippen LogP contribution in [0.15, 0.2) is 36.7 Å². The standard InChI is InChI=1S/C17H25N3O/c1-14(2)11-18-9-5-6-15-12-19-20(13-15)16-7-4-8-17(10-16)21-3/h4,7-8,10,12-14,18H,5-6,9,11H2,1-3H3. The van der Waals surface area contributed by atoms with E-state index in [0.29, 0.717) is 5.92 Å². The third-order valence-corrected chi connectivity index (χ3v) is 3.33. The Balaban J connectivity index is 1.86. The van der Waals surface area contributed by atoms with E-state index in [9.17, 15) is 0 Å². The first-order valence-electron chi connectivity index (χ1n) is 7.57. The van der Waals surface area contributed by atoms with Crippen LogP contribution in [0.3, 0.4) is 0 Å². The minimum absolute atomic E-state index is 0.709. The van der Waals surface area contributed by atoms with Gasteiger partial charge in [0.25, 0.3) is 0 Å².